The Morgan fingerprint density at radius 2 is 1.36 bits per heavy atom. The third-order valence-electron chi connectivity index (χ3n) is 1.08. The predicted molar refractivity (Wildman–Crippen MR) is 65.3 cm³/mol. The molecule has 0 saturated carbocycles. The summed E-state index contributed by atoms with van der Waals surface area (Å²) in [5.74, 6) is 0. The van der Waals surface area contributed by atoms with Crippen LogP contribution in [0, 0.1) is 0 Å². The minimum atomic E-state index is 0. The molecule has 0 bridgehead atoms. The Labute approximate surface area is 98.7 Å². The third kappa shape index (κ3) is 7.00. The molecule has 0 atom stereocenters. The van der Waals surface area contributed by atoms with Gasteiger partial charge in [0.1, 0.15) is 0 Å². The number of halogens is 3. The van der Waals surface area contributed by atoms with Gasteiger partial charge in [-0.1, -0.05) is 30.3 Å². The van der Waals surface area contributed by atoms with Gasteiger partial charge in [-0.2, -0.15) is 0 Å². The maximum Gasteiger partial charge on any atom is 0.0178 e. The van der Waals surface area contributed by atoms with Gasteiger partial charge < -0.3 is 5.73 Å². The molecule has 0 aliphatic heterocycles. The van der Waals surface area contributed by atoms with Crippen LogP contribution in [0.25, 0.3) is 0 Å². The molecule has 0 unspecified atom stereocenters. The molecule has 11 heavy (non-hydrogen) atoms. The minimum Gasteiger partial charge on any atom is -0.326 e. The molecule has 1 nitrogen and oxygen atoms in total. The summed E-state index contributed by atoms with van der Waals surface area (Å²) in [4.78, 5) is 0. The lowest BCUT2D eigenvalue weighted by atomic mass is 10.2. The van der Waals surface area contributed by atoms with Crippen molar-refractivity contribution in [3.05, 3.63) is 35.9 Å². The third-order valence-corrected chi connectivity index (χ3v) is 1.08. The fourth-order valence-electron chi connectivity index (χ4n) is 0.614. The van der Waals surface area contributed by atoms with Crippen LogP contribution < -0.4 is 5.73 Å². The van der Waals surface area contributed by atoms with E-state index in [9.17, 15) is 0 Å². The second kappa shape index (κ2) is 10.6. The number of rotatable bonds is 1. The summed E-state index contributed by atoms with van der Waals surface area (Å²) >= 11 is 0. The van der Waals surface area contributed by atoms with E-state index in [2.05, 4.69) is 0 Å². The van der Waals surface area contributed by atoms with E-state index in [4.69, 9.17) is 5.73 Å². The molecule has 4 heteroatoms. The van der Waals surface area contributed by atoms with E-state index in [0.29, 0.717) is 6.54 Å². The Morgan fingerprint density at radius 1 is 0.909 bits per heavy atom. The Hall–Kier alpha value is 0.620. The van der Waals surface area contributed by atoms with Gasteiger partial charge in [0.05, 0.1) is 0 Å². The van der Waals surface area contributed by atoms with Crippen molar-refractivity contribution < 1.29 is 0 Å². The van der Waals surface area contributed by atoms with E-state index in [-0.39, 0.29) is 50.9 Å². The molecule has 0 heterocycles. The molecule has 0 spiro atoms. The molecule has 0 amide bonds. The smallest absolute Gasteiger partial charge is 0.0178 e. The van der Waals surface area contributed by atoms with Crippen LogP contribution >= 0.6 is 50.9 Å². The highest BCUT2D eigenvalue weighted by atomic mass is 79.9. The summed E-state index contributed by atoms with van der Waals surface area (Å²) in [7, 11) is 0. The second-order valence-electron chi connectivity index (χ2n) is 1.69. The van der Waals surface area contributed by atoms with Gasteiger partial charge in [-0.25, -0.2) is 0 Å². The zero-order valence-corrected chi connectivity index (χ0v) is 11.0. The van der Waals surface area contributed by atoms with E-state index < -0.39 is 0 Å². The zero-order valence-electron chi connectivity index (χ0n) is 5.90. The van der Waals surface area contributed by atoms with Gasteiger partial charge >= 0.3 is 0 Å². The fourth-order valence-corrected chi connectivity index (χ4v) is 0.614. The van der Waals surface area contributed by atoms with Gasteiger partial charge in [0.2, 0.25) is 0 Å². The maximum absolute atomic E-state index is 5.35. The summed E-state index contributed by atoms with van der Waals surface area (Å²) in [6, 6.07) is 9.99. The van der Waals surface area contributed by atoms with Crippen LogP contribution in [0.2, 0.25) is 0 Å². The average Bonchev–Trinajstić information content (AvgIpc) is 1.90. The van der Waals surface area contributed by atoms with E-state index >= 15 is 0 Å². The quantitative estimate of drug-likeness (QED) is 0.829. The highest BCUT2D eigenvalue weighted by Gasteiger charge is 1.80. The SMILES string of the molecule is Br.Br.Br.NCc1ccccc1. The molecule has 1 aromatic carbocycles. The lowest BCUT2D eigenvalue weighted by Gasteiger charge is -1.90. The van der Waals surface area contributed by atoms with Crippen LogP contribution in [0.3, 0.4) is 0 Å². The first-order valence-corrected chi connectivity index (χ1v) is 2.67. The van der Waals surface area contributed by atoms with Gasteiger partial charge in [-0.3, -0.25) is 0 Å². The van der Waals surface area contributed by atoms with Gasteiger partial charge in [0.15, 0.2) is 0 Å². The first kappa shape index (κ1) is 17.6. The molecule has 0 saturated heterocycles. The molecule has 1 aromatic rings. The molecule has 0 aliphatic carbocycles. The van der Waals surface area contributed by atoms with Gasteiger partial charge in [-0.05, 0) is 5.56 Å². The summed E-state index contributed by atoms with van der Waals surface area (Å²) < 4.78 is 0. The molecule has 2 N–H and O–H groups in total. The number of hydrogen-bond acceptors (Lipinski definition) is 1. The summed E-state index contributed by atoms with van der Waals surface area (Å²) in [6.45, 7) is 0.640. The van der Waals surface area contributed by atoms with Crippen LogP contribution in [0.4, 0.5) is 0 Å². The Balaban J connectivity index is -0.000000213. The first-order chi connectivity index (χ1) is 3.93. The number of benzene rings is 1. The van der Waals surface area contributed by atoms with Crippen molar-refractivity contribution >= 4 is 50.9 Å². The zero-order chi connectivity index (χ0) is 5.82. The van der Waals surface area contributed by atoms with E-state index in [1.54, 1.807) is 0 Å². The lowest BCUT2D eigenvalue weighted by molar-refractivity contribution is 1.07. The van der Waals surface area contributed by atoms with E-state index in [1.165, 1.54) is 5.56 Å². The van der Waals surface area contributed by atoms with Crippen LogP contribution in [-0.2, 0) is 6.54 Å². The molecule has 0 fully saturated rings. The van der Waals surface area contributed by atoms with Crippen LogP contribution in [0.1, 0.15) is 5.56 Å². The monoisotopic (exact) mass is 347 g/mol. The van der Waals surface area contributed by atoms with Crippen molar-refractivity contribution in [2.45, 2.75) is 6.54 Å². The molecular formula is C7H12Br3N. The minimum absolute atomic E-state index is 0. The van der Waals surface area contributed by atoms with Crippen molar-refractivity contribution in [3.63, 3.8) is 0 Å². The Bertz CT molecular complexity index is 155. The molecular weight excluding hydrogens is 338 g/mol. The Kier molecular flexibility index (Phi) is 17.0. The highest BCUT2D eigenvalue weighted by molar-refractivity contribution is 8.93. The number of nitrogens with two attached hydrogens (primary N) is 1. The first-order valence-electron chi connectivity index (χ1n) is 2.67. The topological polar surface area (TPSA) is 26.0 Å². The molecule has 1 rings (SSSR count). The summed E-state index contributed by atoms with van der Waals surface area (Å²) in [6.07, 6.45) is 0. The molecule has 0 radical (unpaired) electrons. The summed E-state index contributed by atoms with van der Waals surface area (Å²) in [5, 5.41) is 0. The van der Waals surface area contributed by atoms with Crippen LogP contribution in [0.15, 0.2) is 30.3 Å². The van der Waals surface area contributed by atoms with Gasteiger partial charge in [0.25, 0.3) is 0 Å². The van der Waals surface area contributed by atoms with Crippen molar-refractivity contribution in [3.8, 4) is 0 Å². The molecule has 0 aliphatic rings. The van der Waals surface area contributed by atoms with Crippen molar-refractivity contribution in [1.29, 1.82) is 0 Å². The van der Waals surface area contributed by atoms with Crippen LogP contribution in [0.5, 0.6) is 0 Å². The molecule has 0 aromatic heterocycles. The predicted octanol–water partition coefficient (Wildman–Crippen LogP) is 2.88. The van der Waals surface area contributed by atoms with Crippen molar-refractivity contribution in [2.75, 3.05) is 0 Å². The highest BCUT2D eigenvalue weighted by Crippen LogP contribution is 1.94. The van der Waals surface area contributed by atoms with Gasteiger partial charge in [0, 0.05) is 6.54 Å². The number of hydrogen-bond donors (Lipinski definition) is 1. The fraction of sp³-hybridized carbons (Fsp3) is 0.143. The average molecular weight is 350 g/mol. The van der Waals surface area contributed by atoms with Crippen molar-refractivity contribution in [2.24, 2.45) is 5.73 Å². The summed E-state index contributed by atoms with van der Waals surface area (Å²) in [5.41, 5.74) is 6.54. The van der Waals surface area contributed by atoms with Crippen molar-refractivity contribution in [1.82, 2.24) is 0 Å². The lowest BCUT2D eigenvalue weighted by Crippen LogP contribution is -1.94. The largest absolute Gasteiger partial charge is 0.326 e. The van der Waals surface area contributed by atoms with Crippen LogP contribution in [-0.4, -0.2) is 0 Å². The normalized spacial score (nSPS) is 6.64. The standard InChI is InChI=1S/C7H9N.3BrH/c8-6-7-4-2-1-3-5-7;;;/h1-5H,6,8H2;3*1H. The maximum atomic E-state index is 5.35. The van der Waals surface area contributed by atoms with E-state index in [0.717, 1.165) is 0 Å². The Morgan fingerprint density at radius 3 is 1.64 bits per heavy atom. The second-order valence-corrected chi connectivity index (χ2v) is 1.69. The molecule has 66 valence electrons. The van der Waals surface area contributed by atoms with E-state index in [1.807, 2.05) is 30.3 Å². The van der Waals surface area contributed by atoms with Gasteiger partial charge in [-0.15, -0.1) is 50.9 Å².